The summed E-state index contributed by atoms with van der Waals surface area (Å²) in [5.41, 5.74) is 5.27. The third kappa shape index (κ3) is 2.07. The van der Waals surface area contributed by atoms with Crippen LogP contribution in [0.2, 0.25) is 0 Å². The van der Waals surface area contributed by atoms with Crippen molar-refractivity contribution in [2.75, 3.05) is 13.2 Å². The van der Waals surface area contributed by atoms with Crippen molar-refractivity contribution in [2.45, 2.75) is 39.3 Å². The van der Waals surface area contributed by atoms with Gasteiger partial charge >= 0.3 is 0 Å². The van der Waals surface area contributed by atoms with Crippen LogP contribution in [0.15, 0.2) is 0 Å². The Morgan fingerprint density at radius 3 is 2.71 bits per heavy atom. The number of ether oxygens (including phenoxy) is 1. The van der Waals surface area contributed by atoms with Crippen molar-refractivity contribution in [3.63, 3.8) is 0 Å². The van der Waals surface area contributed by atoms with Crippen LogP contribution in [0.1, 0.15) is 27.2 Å². The van der Waals surface area contributed by atoms with Crippen molar-refractivity contribution in [3.8, 4) is 0 Å². The molecule has 1 fully saturated rings. The first-order chi connectivity index (χ1) is 6.52. The second kappa shape index (κ2) is 4.28. The zero-order valence-corrected chi connectivity index (χ0v) is 9.17. The van der Waals surface area contributed by atoms with Gasteiger partial charge in [0.15, 0.2) is 0 Å². The van der Waals surface area contributed by atoms with E-state index in [0.717, 1.165) is 13.0 Å². The van der Waals surface area contributed by atoms with E-state index in [9.17, 15) is 4.79 Å². The van der Waals surface area contributed by atoms with Crippen LogP contribution < -0.4 is 11.1 Å². The SMILES string of the molecule is CCOC1CC(NC(=O)CN)C1(C)C. The lowest BCUT2D eigenvalue weighted by molar-refractivity contribution is -0.135. The van der Waals surface area contributed by atoms with E-state index >= 15 is 0 Å². The molecule has 1 amide bonds. The van der Waals surface area contributed by atoms with Crippen LogP contribution in [0.4, 0.5) is 0 Å². The summed E-state index contributed by atoms with van der Waals surface area (Å²) >= 11 is 0. The van der Waals surface area contributed by atoms with Gasteiger partial charge in [0.25, 0.3) is 0 Å². The number of nitrogens with two attached hydrogens (primary N) is 1. The van der Waals surface area contributed by atoms with Crippen LogP contribution in [0.3, 0.4) is 0 Å². The van der Waals surface area contributed by atoms with Gasteiger partial charge in [0.1, 0.15) is 0 Å². The standard InChI is InChI=1S/C10H20N2O2/c1-4-14-8-5-7(10(8,2)3)12-9(13)6-11/h7-8H,4-6,11H2,1-3H3,(H,12,13). The topological polar surface area (TPSA) is 64.3 Å². The van der Waals surface area contributed by atoms with E-state index in [1.165, 1.54) is 0 Å². The van der Waals surface area contributed by atoms with Crippen LogP contribution in [0.5, 0.6) is 0 Å². The van der Waals surface area contributed by atoms with Crippen LogP contribution >= 0.6 is 0 Å². The van der Waals surface area contributed by atoms with Gasteiger partial charge in [0.2, 0.25) is 5.91 Å². The molecule has 0 aromatic heterocycles. The Labute approximate surface area is 85.2 Å². The molecular formula is C10H20N2O2. The molecule has 1 aliphatic carbocycles. The summed E-state index contributed by atoms with van der Waals surface area (Å²) in [6.45, 7) is 7.00. The second-order valence-electron chi connectivity index (χ2n) is 4.33. The first-order valence-corrected chi connectivity index (χ1v) is 5.13. The van der Waals surface area contributed by atoms with E-state index in [1.54, 1.807) is 0 Å². The normalized spacial score (nSPS) is 29.4. The third-order valence-corrected chi connectivity index (χ3v) is 3.07. The molecule has 0 aromatic rings. The lowest BCUT2D eigenvalue weighted by Gasteiger charge is -2.51. The Balaban J connectivity index is 2.42. The van der Waals surface area contributed by atoms with Crippen molar-refractivity contribution < 1.29 is 9.53 Å². The summed E-state index contributed by atoms with van der Waals surface area (Å²) in [6, 6.07) is 0.204. The Morgan fingerprint density at radius 2 is 2.29 bits per heavy atom. The van der Waals surface area contributed by atoms with Gasteiger partial charge in [0.05, 0.1) is 12.6 Å². The molecule has 82 valence electrons. The summed E-state index contributed by atoms with van der Waals surface area (Å²) in [5, 5.41) is 2.90. The highest BCUT2D eigenvalue weighted by molar-refractivity contribution is 5.78. The highest BCUT2D eigenvalue weighted by Gasteiger charge is 2.49. The largest absolute Gasteiger partial charge is 0.378 e. The van der Waals surface area contributed by atoms with Crippen molar-refractivity contribution in [1.82, 2.24) is 5.32 Å². The summed E-state index contributed by atoms with van der Waals surface area (Å²) < 4.78 is 5.56. The predicted octanol–water partition coefficient (Wildman–Crippen LogP) is 0.265. The van der Waals surface area contributed by atoms with E-state index in [1.807, 2.05) is 6.92 Å². The molecule has 0 heterocycles. The molecule has 1 aliphatic rings. The van der Waals surface area contributed by atoms with Crippen molar-refractivity contribution in [3.05, 3.63) is 0 Å². The highest BCUT2D eigenvalue weighted by Crippen LogP contribution is 2.42. The fourth-order valence-electron chi connectivity index (χ4n) is 1.87. The summed E-state index contributed by atoms with van der Waals surface area (Å²) in [4.78, 5) is 11.1. The number of nitrogens with one attached hydrogen (secondary N) is 1. The van der Waals surface area contributed by atoms with Gasteiger partial charge in [-0.2, -0.15) is 0 Å². The van der Waals surface area contributed by atoms with Crippen LogP contribution in [0, 0.1) is 5.41 Å². The Hall–Kier alpha value is -0.610. The van der Waals surface area contributed by atoms with Gasteiger partial charge in [-0.15, -0.1) is 0 Å². The van der Waals surface area contributed by atoms with Gasteiger partial charge in [-0.3, -0.25) is 4.79 Å². The van der Waals surface area contributed by atoms with E-state index < -0.39 is 0 Å². The van der Waals surface area contributed by atoms with E-state index in [2.05, 4.69) is 19.2 Å². The highest BCUT2D eigenvalue weighted by atomic mass is 16.5. The fourth-order valence-corrected chi connectivity index (χ4v) is 1.87. The lowest BCUT2D eigenvalue weighted by Crippen LogP contribution is -2.62. The van der Waals surface area contributed by atoms with E-state index in [0.29, 0.717) is 0 Å². The molecule has 2 atom stereocenters. The number of hydrogen-bond acceptors (Lipinski definition) is 3. The number of hydrogen-bond donors (Lipinski definition) is 2. The number of carbonyl (C=O) groups is 1. The average Bonchev–Trinajstić information content (AvgIpc) is 2.16. The summed E-state index contributed by atoms with van der Waals surface area (Å²) in [5.74, 6) is -0.0852. The zero-order chi connectivity index (χ0) is 10.8. The smallest absolute Gasteiger partial charge is 0.233 e. The molecule has 1 saturated carbocycles. The van der Waals surface area contributed by atoms with Crippen LogP contribution in [-0.4, -0.2) is 31.2 Å². The summed E-state index contributed by atoms with van der Waals surface area (Å²) in [6.07, 6.45) is 1.16. The first-order valence-electron chi connectivity index (χ1n) is 5.13. The molecule has 3 N–H and O–H groups in total. The number of rotatable bonds is 4. The molecule has 0 bridgehead atoms. The van der Waals surface area contributed by atoms with Crippen molar-refractivity contribution >= 4 is 5.91 Å². The molecule has 4 nitrogen and oxygen atoms in total. The van der Waals surface area contributed by atoms with Crippen molar-refractivity contribution in [2.24, 2.45) is 11.1 Å². The third-order valence-electron chi connectivity index (χ3n) is 3.07. The molecule has 1 rings (SSSR count). The average molecular weight is 200 g/mol. The Kier molecular flexibility index (Phi) is 3.50. The molecule has 0 radical (unpaired) electrons. The maximum absolute atomic E-state index is 11.1. The number of amides is 1. The molecule has 0 saturated heterocycles. The van der Waals surface area contributed by atoms with Gasteiger partial charge in [-0.1, -0.05) is 13.8 Å². The summed E-state index contributed by atoms with van der Waals surface area (Å²) in [7, 11) is 0. The Bertz CT molecular complexity index is 216. The quantitative estimate of drug-likeness (QED) is 0.684. The molecular weight excluding hydrogens is 180 g/mol. The van der Waals surface area contributed by atoms with Gasteiger partial charge < -0.3 is 15.8 Å². The Morgan fingerprint density at radius 1 is 1.64 bits per heavy atom. The van der Waals surface area contributed by atoms with Crippen LogP contribution in [-0.2, 0) is 9.53 Å². The first kappa shape index (κ1) is 11.5. The maximum atomic E-state index is 11.1. The molecule has 0 aliphatic heterocycles. The molecule has 0 spiro atoms. The van der Waals surface area contributed by atoms with E-state index in [-0.39, 0.29) is 30.0 Å². The molecule has 4 heteroatoms. The molecule has 2 unspecified atom stereocenters. The lowest BCUT2D eigenvalue weighted by atomic mass is 9.64. The minimum absolute atomic E-state index is 0.0286. The van der Waals surface area contributed by atoms with Crippen molar-refractivity contribution in [1.29, 1.82) is 0 Å². The molecule has 0 aromatic carbocycles. The van der Waals surface area contributed by atoms with Crippen LogP contribution in [0.25, 0.3) is 0 Å². The monoisotopic (exact) mass is 200 g/mol. The minimum Gasteiger partial charge on any atom is -0.378 e. The fraction of sp³-hybridized carbons (Fsp3) is 0.900. The second-order valence-corrected chi connectivity index (χ2v) is 4.33. The number of carbonyl (C=O) groups excluding carboxylic acids is 1. The maximum Gasteiger partial charge on any atom is 0.233 e. The van der Waals surface area contributed by atoms with Gasteiger partial charge in [0, 0.05) is 18.1 Å². The predicted molar refractivity (Wildman–Crippen MR) is 54.8 cm³/mol. The van der Waals surface area contributed by atoms with E-state index in [4.69, 9.17) is 10.5 Å². The zero-order valence-electron chi connectivity index (χ0n) is 9.17. The minimum atomic E-state index is -0.0852. The van der Waals surface area contributed by atoms with Gasteiger partial charge in [-0.25, -0.2) is 0 Å². The van der Waals surface area contributed by atoms with Gasteiger partial charge in [-0.05, 0) is 13.3 Å². The molecule has 14 heavy (non-hydrogen) atoms.